The number of nitrogens with zero attached hydrogens (tertiary/aromatic N) is 1. The Bertz CT molecular complexity index is 1070. The number of aromatic nitrogens is 1. The van der Waals surface area contributed by atoms with E-state index in [2.05, 4.69) is 15.5 Å². The van der Waals surface area contributed by atoms with Crippen molar-refractivity contribution in [3.63, 3.8) is 0 Å². The number of benzene rings is 2. The summed E-state index contributed by atoms with van der Waals surface area (Å²) in [6.07, 6.45) is 1.32. The summed E-state index contributed by atoms with van der Waals surface area (Å²) in [5, 5.41) is 4.76. The van der Waals surface area contributed by atoms with Crippen molar-refractivity contribution in [1.29, 1.82) is 0 Å². The highest BCUT2D eigenvalue weighted by Gasteiger charge is 2.14. The van der Waals surface area contributed by atoms with Gasteiger partial charge in [0.2, 0.25) is 0 Å². The van der Waals surface area contributed by atoms with Crippen LogP contribution in [0.15, 0.2) is 58.4 Å². The van der Waals surface area contributed by atoms with Gasteiger partial charge < -0.3 is 14.5 Å². The topological polar surface area (TPSA) is 92.8 Å². The van der Waals surface area contributed by atoms with Crippen LogP contribution in [-0.2, 0) is 0 Å². The molecule has 1 aliphatic rings. The van der Waals surface area contributed by atoms with Crippen LogP contribution < -0.4 is 20.5 Å². The molecule has 0 atom stereocenters. The molecule has 2 aromatic carbocycles. The predicted octanol–water partition coefficient (Wildman–Crippen LogP) is 2.06. The van der Waals surface area contributed by atoms with Crippen molar-refractivity contribution in [2.45, 2.75) is 0 Å². The number of carbonyl (C=O) groups is 1. The zero-order chi connectivity index (χ0) is 17.9. The normalized spacial score (nSPS) is 13.1. The average molecular weight is 349 g/mol. The van der Waals surface area contributed by atoms with Crippen LogP contribution in [-0.4, -0.2) is 30.3 Å². The first-order valence-electron chi connectivity index (χ1n) is 8.06. The van der Waals surface area contributed by atoms with Crippen molar-refractivity contribution in [2.24, 2.45) is 5.10 Å². The van der Waals surface area contributed by atoms with Crippen LogP contribution in [0.5, 0.6) is 11.5 Å². The number of aromatic amines is 1. The maximum absolute atomic E-state index is 12.2. The molecule has 0 radical (unpaired) electrons. The second-order valence-electron chi connectivity index (χ2n) is 5.70. The van der Waals surface area contributed by atoms with Gasteiger partial charge in [-0.05, 0) is 35.7 Å². The van der Waals surface area contributed by atoms with Gasteiger partial charge >= 0.3 is 0 Å². The smallest absolute Gasteiger partial charge is 0.271 e. The zero-order valence-corrected chi connectivity index (χ0v) is 13.7. The summed E-state index contributed by atoms with van der Waals surface area (Å²) >= 11 is 0. The molecule has 0 bridgehead atoms. The van der Waals surface area contributed by atoms with Crippen molar-refractivity contribution in [3.05, 3.63) is 70.0 Å². The molecule has 4 rings (SSSR count). The number of hydrazone groups is 1. The summed E-state index contributed by atoms with van der Waals surface area (Å²) in [7, 11) is 0. The van der Waals surface area contributed by atoms with E-state index in [9.17, 15) is 9.59 Å². The fourth-order valence-electron chi connectivity index (χ4n) is 2.67. The first kappa shape index (κ1) is 15.9. The molecule has 0 spiro atoms. The molecule has 0 saturated carbocycles. The monoisotopic (exact) mass is 349 g/mol. The van der Waals surface area contributed by atoms with Gasteiger partial charge in [0.15, 0.2) is 11.5 Å². The molecular formula is C19H15N3O4. The van der Waals surface area contributed by atoms with Crippen LogP contribution in [0.3, 0.4) is 0 Å². The Morgan fingerprint density at radius 1 is 1.08 bits per heavy atom. The highest BCUT2D eigenvalue weighted by molar-refractivity contribution is 5.95. The van der Waals surface area contributed by atoms with Crippen molar-refractivity contribution < 1.29 is 14.3 Å². The maximum atomic E-state index is 12.2. The quantitative estimate of drug-likeness (QED) is 0.559. The van der Waals surface area contributed by atoms with Crippen LogP contribution >= 0.6 is 0 Å². The van der Waals surface area contributed by atoms with E-state index in [1.165, 1.54) is 6.21 Å². The average Bonchev–Trinajstić information content (AvgIpc) is 2.68. The van der Waals surface area contributed by atoms with Crippen molar-refractivity contribution in [2.75, 3.05) is 13.2 Å². The third-order valence-electron chi connectivity index (χ3n) is 3.96. The van der Waals surface area contributed by atoms with Gasteiger partial charge in [0.1, 0.15) is 13.2 Å². The number of rotatable bonds is 3. The minimum atomic E-state index is -0.407. The molecule has 0 saturated heterocycles. The van der Waals surface area contributed by atoms with Crippen molar-refractivity contribution in [3.8, 4) is 11.5 Å². The standard InChI is InChI=1S/C19H15N3O4/c23-18-14(9-12-3-1-2-4-15(12)21-18)11-20-22-19(24)13-5-6-16-17(10-13)26-8-7-25-16/h1-6,9-11H,7-8H2,(H,21,23)(H,22,24). The molecule has 0 fully saturated rings. The number of nitrogens with one attached hydrogen (secondary N) is 2. The number of hydrogen-bond acceptors (Lipinski definition) is 5. The summed E-state index contributed by atoms with van der Waals surface area (Å²) in [5.74, 6) is 0.730. The largest absolute Gasteiger partial charge is 0.486 e. The highest BCUT2D eigenvalue weighted by atomic mass is 16.6. The van der Waals surface area contributed by atoms with Gasteiger partial charge in [0.05, 0.1) is 11.8 Å². The molecule has 0 unspecified atom stereocenters. The van der Waals surface area contributed by atoms with Crippen LogP contribution in [0.2, 0.25) is 0 Å². The lowest BCUT2D eigenvalue weighted by molar-refractivity contribution is 0.0954. The van der Waals surface area contributed by atoms with Crippen molar-refractivity contribution >= 4 is 23.0 Å². The first-order valence-corrected chi connectivity index (χ1v) is 8.06. The van der Waals surface area contributed by atoms with Gasteiger partial charge in [-0.2, -0.15) is 5.10 Å². The first-order chi connectivity index (χ1) is 12.7. The number of fused-ring (bicyclic) bond motifs is 2. The van der Waals surface area contributed by atoms with E-state index in [-0.39, 0.29) is 5.56 Å². The van der Waals surface area contributed by atoms with Crippen LogP contribution in [0, 0.1) is 0 Å². The molecule has 7 nitrogen and oxygen atoms in total. The van der Waals surface area contributed by atoms with Gasteiger partial charge in [-0.1, -0.05) is 18.2 Å². The zero-order valence-electron chi connectivity index (χ0n) is 13.7. The Hall–Kier alpha value is -3.61. The highest BCUT2D eigenvalue weighted by Crippen LogP contribution is 2.30. The second kappa shape index (κ2) is 6.72. The Labute approximate surface area is 148 Å². The summed E-state index contributed by atoms with van der Waals surface area (Å²) in [6.45, 7) is 0.935. The lowest BCUT2D eigenvalue weighted by atomic mass is 10.2. The Kier molecular flexibility index (Phi) is 4.10. The summed E-state index contributed by atoms with van der Waals surface area (Å²) in [5.41, 5.74) is 3.62. The Balaban J connectivity index is 1.51. The summed E-state index contributed by atoms with van der Waals surface area (Å²) < 4.78 is 10.9. The number of pyridine rings is 1. The number of amides is 1. The van der Waals surface area contributed by atoms with E-state index < -0.39 is 5.91 Å². The molecule has 1 aromatic heterocycles. The third kappa shape index (κ3) is 3.14. The van der Waals surface area contributed by atoms with Gasteiger partial charge in [-0.25, -0.2) is 5.43 Å². The van der Waals surface area contributed by atoms with E-state index in [0.717, 1.165) is 10.9 Å². The number of carbonyl (C=O) groups excluding carboxylic acids is 1. The summed E-state index contributed by atoms with van der Waals surface area (Å²) in [4.78, 5) is 27.0. The summed E-state index contributed by atoms with van der Waals surface area (Å²) in [6, 6.07) is 14.1. The molecule has 3 aromatic rings. The minimum absolute atomic E-state index is 0.277. The van der Waals surface area contributed by atoms with Crippen LogP contribution in [0.25, 0.3) is 10.9 Å². The number of H-pyrrole nitrogens is 1. The van der Waals surface area contributed by atoms with Gasteiger partial charge in [0, 0.05) is 11.1 Å². The molecule has 1 amide bonds. The van der Waals surface area contributed by atoms with E-state index in [1.807, 2.05) is 24.3 Å². The molecule has 2 N–H and O–H groups in total. The SMILES string of the molecule is O=C(NN=Cc1cc2ccccc2[nH]c1=O)c1ccc2c(c1)OCCO2. The van der Waals surface area contributed by atoms with E-state index in [4.69, 9.17) is 9.47 Å². The van der Waals surface area contributed by atoms with Gasteiger partial charge in [0.25, 0.3) is 11.5 Å². The van der Waals surface area contributed by atoms with E-state index >= 15 is 0 Å². The predicted molar refractivity (Wildman–Crippen MR) is 97.1 cm³/mol. The number of para-hydroxylation sites is 1. The van der Waals surface area contributed by atoms with E-state index in [0.29, 0.717) is 35.8 Å². The second-order valence-corrected chi connectivity index (χ2v) is 5.70. The van der Waals surface area contributed by atoms with Crippen LogP contribution in [0.1, 0.15) is 15.9 Å². The third-order valence-corrected chi connectivity index (χ3v) is 3.96. The number of ether oxygens (including phenoxy) is 2. The molecule has 130 valence electrons. The van der Waals surface area contributed by atoms with Crippen LogP contribution in [0.4, 0.5) is 0 Å². The fraction of sp³-hybridized carbons (Fsp3) is 0.105. The van der Waals surface area contributed by atoms with Gasteiger partial charge in [-0.3, -0.25) is 9.59 Å². The molecule has 1 aliphatic heterocycles. The van der Waals surface area contributed by atoms with Crippen molar-refractivity contribution in [1.82, 2.24) is 10.4 Å². The Morgan fingerprint density at radius 2 is 1.88 bits per heavy atom. The Morgan fingerprint density at radius 3 is 2.77 bits per heavy atom. The maximum Gasteiger partial charge on any atom is 0.271 e. The number of hydrogen-bond donors (Lipinski definition) is 2. The lowest BCUT2D eigenvalue weighted by Gasteiger charge is -2.18. The van der Waals surface area contributed by atoms with E-state index in [1.54, 1.807) is 24.3 Å². The molecular weight excluding hydrogens is 334 g/mol. The molecule has 7 heteroatoms. The van der Waals surface area contributed by atoms with Gasteiger partial charge in [-0.15, -0.1) is 0 Å². The molecule has 0 aliphatic carbocycles. The minimum Gasteiger partial charge on any atom is -0.486 e. The lowest BCUT2D eigenvalue weighted by Crippen LogP contribution is -2.20. The molecule has 26 heavy (non-hydrogen) atoms. The fourth-order valence-corrected chi connectivity index (χ4v) is 2.67. The molecule has 2 heterocycles.